The maximum Gasteiger partial charge on any atom is 0.162 e. The minimum absolute atomic E-state index is 0.499. The van der Waals surface area contributed by atoms with Gasteiger partial charge >= 0.3 is 0 Å². The molecule has 0 atom stereocenters. The van der Waals surface area contributed by atoms with Crippen molar-refractivity contribution >= 4 is 39.7 Å². The van der Waals surface area contributed by atoms with Gasteiger partial charge in [0.1, 0.15) is 12.1 Å². The summed E-state index contributed by atoms with van der Waals surface area (Å²) in [5.74, 6) is 2.05. The van der Waals surface area contributed by atoms with E-state index in [-0.39, 0.29) is 0 Å². The number of benzene rings is 2. The summed E-state index contributed by atoms with van der Waals surface area (Å²) in [7, 11) is 3.56. The first-order valence-corrected chi connectivity index (χ1v) is 11.0. The lowest BCUT2D eigenvalue weighted by molar-refractivity contribution is 0.0357. The molecule has 0 radical (unpaired) electrons. The molecule has 0 spiro atoms. The summed E-state index contributed by atoms with van der Waals surface area (Å²) >= 11 is 6.22. The molecule has 8 nitrogen and oxygen atoms in total. The average molecular weight is 458 g/mol. The van der Waals surface area contributed by atoms with Crippen LogP contribution in [0.5, 0.6) is 11.5 Å². The van der Waals surface area contributed by atoms with Crippen molar-refractivity contribution in [2.75, 3.05) is 64.2 Å². The zero-order chi connectivity index (χ0) is 22.5. The van der Waals surface area contributed by atoms with Crippen molar-refractivity contribution in [3.8, 4) is 11.5 Å². The van der Waals surface area contributed by atoms with Crippen molar-refractivity contribution in [3.63, 3.8) is 0 Å². The monoisotopic (exact) mass is 457 g/mol. The Morgan fingerprint density at radius 1 is 1.16 bits per heavy atom. The highest BCUT2D eigenvalue weighted by molar-refractivity contribution is 6.33. The van der Waals surface area contributed by atoms with Gasteiger partial charge in [0.15, 0.2) is 11.5 Å². The molecular weight excluding hydrogens is 430 g/mol. The minimum Gasteiger partial charge on any atom is -0.493 e. The molecule has 32 heavy (non-hydrogen) atoms. The van der Waals surface area contributed by atoms with E-state index in [0.717, 1.165) is 61.7 Å². The van der Waals surface area contributed by atoms with Crippen molar-refractivity contribution in [2.24, 2.45) is 0 Å². The van der Waals surface area contributed by atoms with E-state index >= 15 is 0 Å². The fourth-order valence-corrected chi connectivity index (χ4v) is 3.91. The van der Waals surface area contributed by atoms with Crippen LogP contribution in [0.3, 0.4) is 0 Å². The molecule has 2 aromatic carbocycles. The van der Waals surface area contributed by atoms with Crippen LogP contribution in [0.4, 0.5) is 17.2 Å². The van der Waals surface area contributed by atoms with Crippen LogP contribution in [0.1, 0.15) is 6.42 Å². The van der Waals surface area contributed by atoms with E-state index in [4.69, 9.17) is 31.5 Å². The molecule has 3 aromatic rings. The van der Waals surface area contributed by atoms with E-state index in [1.54, 1.807) is 13.2 Å². The highest BCUT2D eigenvalue weighted by Gasteiger charge is 2.16. The fraction of sp³-hybridized carbons (Fsp3) is 0.391. The first kappa shape index (κ1) is 22.4. The molecule has 1 aliphatic heterocycles. The van der Waals surface area contributed by atoms with Crippen LogP contribution >= 0.6 is 11.6 Å². The van der Waals surface area contributed by atoms with E-state index in [0.29, 0.717) is 28.8 Å². The van der Waals surface area contributed by atoms with Crippen molar-refractivity contribution in [2.45, 2.75) is 6.42 Å². The van der Waals surface area contributed by atoms with Crippen molar-refractivity contribution in [3.05, 3.63) is 41.7 Å². The molecule has 1 saturated heterocycles. The number of morpholine rings is 1. The molecule has 4 rings (SSSR count). The lowest BCUT2D eigenvalue weighted by Gasteiger charge is -2.26. The molecule has 9 heteroatoms. The average Bonchev–Trinajstić information content (AvgIpc) is 2.83. The number of nitrogens with two attached hydrogens (primary N) is 1. The lowest BCUT2D eigenvalue weighted by Crippen LogP contribution is -2.37. The number of hydrogen-bond acceptors (Lipinski definition) is 8. The second-order valence-electron chi connectivity index (χ2n) is 7.64. The third-order valence-corrected chi connectivity index (χ3v) is 5.90. The van der Waals surface area contributed by atoms with Crippen LogP contribution in [0.2, 0.25) is 5.02 Å². The second kappa shape index (κ2) is 10.2. The normalized spacial score (nSPS) is 14.5. The molecule has 2 heterocycles. The van der Waals surface area contributed by atoms with Gasteiger partial charge < -0.3 is 24.8 Å². The van der Waals surface area contributed by atoms with Gasteiger partial charge in [-0.3, -0.25) is 4.90 Å². The van der Waals surface area contributed by atoms with E-state index in [1.807, 2.05) is 36.2 Å². The summed E-state index contributed by atoms with van der Waals surface area (Å²) < 4.78 is 17.1. The molecule has 0 amide bonds. The number of ether oxygens (including phenoxy) is 3. The Labute approximate surface area is 192 Å². The SMILES string of the molecule is COc1cc2ncnc(N(C)c3ccc(N)c(Cl)c3)c2cc1OCCCN1CCOCC1. The smallest absolute Gasteiger partial charge is 0.162 e. The van der Waals surface area contributed by atoms with E-state index in [9.17, 15) is 0 Å². The Hall–Kier alpha value is -2.81. The quantitative estimate of drug-likeness (QED) is 0.404. The minimum atomic E-state index is 0.499. The Morgan fingerprint density at radius 3 is 2.72 bits per heavy atom. The molecule has 0 unspecified atom stereocenters. The largest absolute Gasteiger partial charge is 0.493 e. The molecule has 0 saturated carbocycles. The number of fused-ring (bicyclic) bond motifs is 1. The molecule has 1 fully saturated rings. The molecule has 1 aromatic heterocycles. The second-order valence-corrected chi connectivity index (χ2v) is 8.05. The summed E-state index contributed by atoms with van der Waals surface area (Å²) in [5, 5.41) is 1.35. The van der Waals surface area contributed by atoms with E-state index < -0.39 is 0 Å². The Morgan fingerprint density at radius 2 is 1.97 bits per heavy atom. The predicted molar refractivity (Wildman–Crippen MR) is 127 cm³/mol. The van der Waals surface area contributed by atoms with Gasteiger partial charge in [0, 0.05) is 43.8 Å². The number of methoxy groups -OCH3 is 1. The van der Waals surface area contributed by atoms with Gasteiger partial charge in [-0.15, -0.1) is 0 Å². The summed E-state index contributed by atoms with van der Waals surface area (Å²) in [6.07, 6.45) is 2.46. The van der Waals surface area contributed by atoms with Gasteiger partial charge in [0.05, 0.1) is 43.2 Å². The number of aromatic nitrogens is 2. The first-order valence-electron chi connectivity index (χ1n) is 10.6. The standard InChI is InChI=1S/C23H28ClN5O3/c1-28(16-4-5-19(25)18(24)12-16)23-17-13-22(21(30-2)14-20(17)26-15-27-23)32-9-3-6-29-7-10-31-11-8-29/h4-5,12-15H,3,6-11,25H2,1-2H3. The number of nitrogen functional groups attached to an aromatic ring is 1. The molecule has 0 aliphatic carbocycles. The number of rotatable bonds is 8. The van der Waals surface area contributed by atoms with Crippen LogP contribution in [0.25, 0.3) is 10.9 Å². The fourth-order valence-electron chi connectivity index (χ4n) is 3.73. The van der Waals surface area contributed by atoms with Gasteiger partial charge in [-0.05, 0) is 30.7 Å². The zero-order valence-corrected chi connectivity index (χ0v) is 19.1. The van der Waals surface area contributed by atoms with E-state index in [1.165, 1.54) is 6.33 Å². The number of nitrogens with zero attached hydrogens (tertiary/aromatic N) is 4. The summed E-state index contributed by atoms with van der Waals surface area (Å²) in [5.41, 5.74) is 8.03. The number of halogens is 1. The van der Waals surface area contributed by atoms with Gasteiger partial charge in [-0.2, -0.15) is 0 Å². The molecule has 170 valence electrons. The maximum atomic E-state index is 6.22. The van der Waals surface area contributed by atoms with Crippen LogP contribution in [-0.4, -0.2) is 68.5 Å². The van der Waals surface area contributed by atoms with Crippen molar-refractivity contribution in [1.29, 1.82) is 0 Å². The molecule has 0 bridgehead atoms. The Bertz CT molecular complexity index is 1070. The topological polar surface area (TPSA) is 86.0 Å². The molecule has 1 aliphatic rings. The van der Waals surface area contributed by atoms with Crippen molar-refractivity contribution < 1.29 is 14.2 Å². The Balaban J connectivity index is 1.56. The van der Waals surface area contributed by atoms with Gasteiger partial charge in [-0.25, -0.2) is 9.97 Å². The molecular formula is C23H28ClN5O3. The summed E-state index contributed by atoms with van der Waals surface area (Å²) in [6.45, 7) is 5.12. The maximum absolute atomic E-state index is 6.22. The highest BCUT2D eigenvalue weighted by atomic mass is 35.5. The lowest BCUT2D eigenvalue weighted by atomic mass is 10.2. The summed E-state index contributed by atoms with van der Waals surface area (Å²) in [4.78, 5) is 13.3. The third-order valence-electron chi connectivity index (χ3n) is 5.57. The van der Waals surface area contributed by atoms with Crippen LogP contribution in [0, 0.1) is 0 Å². The van der Waals surface area contributed by atoms with Crippen molar-refractivity contribution in [1.82, 2.24) is 14.9 Å². The number of hydrogen-bond donors (Lipinski definition) is 1. The molecule has 2 N–H and O–H groups in total. The zero-order valence-electron chi connectivity index (χ0n) is 18.4. The summed E-state index contributed by atoms with van der Waals surface area (Å²) in [6, 6.07) is 9.32. The number of anilines is 3. The van der Waals surface area contributed by atoms with Gasteiger partial charge in [0.2, 0.25) is 0 Å². The van der Waals surface area contributed by atoms with Crippen LogP contribution < -0.4 is 20.1 Å². The van der Waals surface area contributed by atoms with E-state index in [2.05, 4.69) is 14.9 Å². The van der Waals surface area contributed by atoms with Gasteiger partial charge in [0.25, 0.3) is 0 Å². The first-order chi connectivity index (χ1) is 15.6. The van der Waals surface area contributed by atoms with Crippen LogP contribution in [-0.2, 0) is 4.74 Å². The highest BCUT2D eigenvalue weighted by Crippen LogP contribution is 2.37. The Kier molecular flexibility index (Phi) is 7.14. The van der Waals surface area contributed by atoms with Gasteiger partial charge in [-0.1, -0.05) is 11.6 Å². The third kappa shape index (κ3) is 4.98. The van der Waals surface area contributed by atoms with Crippen LogP contribution in [0.15, 0.2) is 36.7 Å². The predicted octanol–water partition coefficient (Wildman–Crippen LogP) is 3.74.